The average Bonchev–Trinajstić information content (AvgIpc) is 2.17. The first-order valence-electron chi connectivity index (χ1n) is 4.49. The number of hydrazine groups is 1. The molecular weight excluding hydrogens is 307 g/mol. The van der Waals surface area contributed by atoms with Crippen LogP contribution >= 0.6 is 22.6 Å². The van der Waals surface area contributed by atoms with Crippen LogP contribution in [0.25, 0.3) is 0 Å². The van der Waals surface area contributed by atoms with Crippen LogP contribution in [0, 0.1) is 3.57 Å². The fraction of sp³-hybridized carbons (Fsp3) is 0.200. The Morgan fingerprint density at radius 2 is 2.13 bits per heavy atom. The van der Waals surface area contributed by atoms with Gasteiger partial charge in [0.1, 0.15) is 6.04 Å². The number of benzene rings is 1. The van der Waals surface area contributed by atoms with Crippen LogP contribution in [0.1, 0.15) is 18.0 Å². The van der Waals surface area contributed by atoms with Crippen LogP contribution in [0.3, 0.4) is 0 Å². The van der Waals surface area contributed by atoms with Crippen molar-refractivity contribution in [2.75, 3.05) is 0 Å². The average molecular weight is 316 g/mol. The standard InChI is InChI=1S/C10H9IN2O2/c11-7-3-1-2-6(4-7)10-8(14)5-9(15)12-13-10/h1-4,10,13H,5H2,(H,12,15). The van der Waals surface area contributed by atoms with Crippen molar-refractivity contribution in [3.05, 3.63) is 33.4 Å². The van der Waals surface area contributed by atoms with Gasteiger partial charge in [-0.3, -0.25) is 15.0 Å². The summed E-state index contributed by atoms with van der Waals surface area (Å²) in [5.74, 6) is -0.373. The summed E-state index contributed by atoms with van der Waals surface area (Å²) in [6.45, 7) is 0. The molecule has 15 heavy (non-hydrogen) atoms. The van der Waals surface area contributed by atoms with Gasteiger partial charge in [-0.25, -0.2) is 5.43 Å². The number of carbonyl (C=O) groups excluding carboxylic acids is 2. The van der Waals surface area contributed by atoms with E-state index < -0.39 is 6.04 Å². The number of rotatable bonds is 1. The molecule has 2 rings (SSSR count). The quantitative estimate of drug-likeness (QED) is 0.598. The zero-order valence-electron chi connectivity index (χ0n) is 7.79. The summed E-state index contributed by atoms with van der Waals surface area (Å²) >= 11 is 2.19. The van der Waals surface area contributed by atoms with Gasteiger partial charge in [-0.2, -0.15) is 0 Å². The second-order valence-electron chi connectivity index (χ2n) is 3.32. The summed E-state index contributed by atoms with van der Waals surface area (Å²) in [5, 5.41) is 0. The first-order chi connectivity index (χ1) is 7.16. The Morgan fingerprint density at radius 1 is 1.33 bits per heavy atom. The molecule has 78 valence electrons. The summed E-state index contributed by atoms with van der Waals surface area (Å²) in [5.41, 5.74) is 6.06. The molecule has 1 heterocycles. The highest BCUT2D eigenvalue weighted by molar-refractivity contribution is 14.1. The maximum absolute atomic E-state index is 11.6. The molecule has 0 bridgehead atoms. The maximum Gasteiger partial charge on any atom is 0.241 e. The summed E-state index contributed by atoms with van der Waals surface area (Å²) in [6.07, 6.45) is -0.0524. The summed E-state index contributed by atoms with van der Waals surface area (Å²) in [4.78, 5) is 22.5. The molecule has 0 aromatic heterocycles. The SMILES string of the molecule is O=C1CC(=O)C(c2cccc(I)c2)NN1. The first kappa shape index (κ1) is 10.6. The molecule has 1 aliphatic heterocycles. The Balaban J connectivity index is 2.24. The van der Waals surface area contributed by atoms with E-state index in [4.69, 9.17) is 0 Å². The monoisotopic (exact) mass is 316 g/mol. The van der Waals surface area contributed by atoms with E-state index in [1.165, 1.54) is 0 Å². The minimum Gasteiger partial charge on any atom is -0.297 e. The van der Waals surface area contributed by atoms with Gasteiger partial charge >= 0.3 is 0 Å². The van der Waals surface area contributed by atoms with E-state index in [1.54, 1.807) is 0 Å². The van der Waals surface area contributed by atoms with Crippen LogP contribution in [0.15, 0.2) is 24.3 Å². The molecule has 1 aromatic carbocycles. The second-order valence-corrected chi connectivity index (χ2v) is 4.57. The number of carbonyl (C=O) groups is 2. The molecule has 1 aromatic rings. The summed E-state index contributed by atoms with van der Waals surface area (Å²) in [6, 6.07) is 7.22. The van der Waals surface area contributed by atoms with Crippen LogP contribution in [0.4, 0.5) is 0 Å². The van der Waals surface area contributed by atoms with Gasteiger partial charge in [-0.1, -0.05) is 12.1 Å². The number of hydrogen-bond acceptors (Lipinski definition) is 3. The molecule has 2 N–H and O–H groups in total. The van der Waals surface area contributed by atoms with Gasteiger partial charge in [0.2, 0.25) is 5.91 Å². The summed E-state index contributed by atoms with van der Waals surface area (Å²) < 4.78 is 1.07. The third-order valence-corrected chi connectivity index (χ3v) is 2.87. The number of ketones is 1. The number of halogens is 1. The number of hydrogen-bond donors (Lipinski definition) is 2. The van der Waals surface area contributed by atoms with Crippen LogP contribution in [0.2, 0.25) is 0 Å². The fourth-order valence-electron chi connectivity index (χ4n) is 1.49. The van der Waals surface area contributed by atoms with E-state index in [2.05, 4.69) is 33.4 Å². The second kappa shape index (κ2) is 4.28. The van der Waals surface area contributed by atoms with Crippen molar-refractivity contribution in [2.24, 2.45) is 0 Å². The Morgan fingerprint density at radius 3 is 2.80 bits per heavy atom. The maximum atomic E-state index is 11.6. The molecule has 5 heteroatoms. The number of Topliss-reactive ketones (excluding diaryl/α,β-unsaturated/α-hetero) is 1. The predicted molar refractivity (Wildman–Crippen MR) is 62.8 cm³/mol. The fourth-order valence-corrected chi connectivity index (χ4v) is 2.06. The van der Waals surface area contributed by atoms with Crippen molar-refractivity contribution in [2.45, 2.75) is 12.5 Å². The minimum atomic E-state index is -0.419. The molecule has 0 radical (unpaired) electrons. The summed E-state index contributed by atoms with van der Waals surface area (Å²) in [7, 11) is 0. The number of nitrogens with one attached hydrogen (secondary N) is 2. The van der Waals surface area contributed by atoms with Gasteiger partial charge in [0, 0.05) is 3.57 Å². The Labute approximate surface area is 101 Å². The van der Waals surface area contributed by atoms with Gasteiger partial charge in [0.05, 0.1) is 6.42 Å². The molecule has 0 spiro atoms. The van der Waals surface area contributed by atoms with E-state index in [0.717, 1.165) is 9.13 Å². The minimum absolute atomic E-state index is 0.0524. The highest BCUT2D eigenvalue weighted by Crippen LogP contribution is 2.19. The molecule has 1 aliphatic rings. The lowest BCUT2D eigenvalue weighted by atomic mass is 10.00. The van der Waals surface area contributed by atoms with E-state index in [9.17, 15) is 9.59 Å². The normalized spacial score (nSPS) is 21.3. The molecule has 1 unspecified atom stereocenters. The predicted octanol–water partition coefficient (Wildman–Crippen LogP) is 0.926. The van der Waals surface area contributed by atoms with Crippen molar-refractivity contribution in [3.8, 4) is 0 Å². The molecule has 0 aliphatic carbocycles. The Kier molecular flexibility index (Phi) is 3.01. The smallest absolute Gasteiger partial charge is 0.241 e. The van der Waals surface area contributed by atoms with Crippen molar-refractivity contribution in [1.29, 1.82) is 0 Å². The van der Waals surface area contributed by atoms with Crippen molar-refractivity contribution in [3.63, 3.8) is 0 Å². The van der Waals surface area contributed by atoms with E-state index in [0.29, 0.717) is 0 Å². The van der Waals surface area contributed by atoms with Gasteiger partial charge < -0.3 is 0 Å². The first-order valence-corrected chi connectivity index (χ1v) is 5.57. The lowest BCUT2D eigenvalue weighted by Gasteiger charge is -2.23. The highest BCUT2D eigenvalue weighted by Gasteiger charge is 2.27. The van der Waals surface area contributed by atoms with E-state index in [1.807, 2.05) is 24.3 Å². The largest absolute Gasteiger partial charge is 0.297 e. The van der Waals surface area contributed by atoms with Crippen LogP contribution < -0.4 is 10.9 Å². The Bertz CT molecular complexity index is 420. The molecule has 1 atom stereocenters. The van der Waals surface area contributed by atoms with E-state index in [-0.39, 0.29) is 18.1 Å². The molecular formula is C10H9IN2O2. The van der Waals surface area contributed by atoms with Crippen LogP contribution in [-0.4, -0.2) is 11.7 Å². The van der Waals surface area contributed by atoms with Gasteiger partial charge in [0.25, 0.3) is 0 Å². The molecule has 1 saturated heterocycles. The third-order valence-electron chi connectivity index (χ3n) is 2.19. The molecule has 0 saturated carbocycles. The topological polar surface area (TPSA) is 58.2 Å². The van der Waals surface area contributed by atoms with Gasteiger partial charge in [0.15, 0.2) is 5.78 Å². The highest BCUT2D eigenvalue weighted by atomic mass is 127. The molecule has 1 fully saturated rings. The van der Waals surface area contributed by atoms with Crippen LogP contribution in [-0.2, 0) is 9.59 Å². The van der Waals surface area contributed by atoms with Crippen molar-refractivity contribution < 1.29 is 9.59 Å². The molecule has 4 nitrogen and oxygen atoms in total. The third kappa shape index (κ3) is 2.35. The van der Waals surface area contributed by atoms with E-state index >= 15 is 0 Å². The Hall–Kier alpha value is -0.950. The molecule has 1 amide bonds. The van der Waals surface area contributed by atoms with Gasteiger partial charge in [-0.15, -0.1) is 0 Å². The van der Waals surface area contributed by atoms with Crippen LogP contribution in [0.5, 0.6) is 0 Å². The number of amides is 1. The van der Waals surface area contributed by atoms with Gasteiger partial charge in [-0.05, 0) is 40.3 Å². The van der Waals surface area contributed by atoms with Crippen molar-refractivity contribution >= 4 is 34.3 Å². The van der Waals surface area contributed by atoms with Crippen molar-refractivity contribution in [1.82, 2.24) is 10.9 Å². The lowest BCUT2D eigenvalue weighted by Crippen LogP contribution is -2.49. The zero-order chi connectivity index (χ0) is 10.8. The lowest BCUT2D eigenvalue weighted by molar-refractivity contribution is -0.134. The zero-order valence-corrected chi connectivity index (χ0v) is 9.95.